The van der Waals surface area contributed by atoms with Crippen LogP contribution in [0.3, 0.4) is 0 Å². The predicted octanol–water partition coefficient (Wildman–Crippen LogP) is 5.08. The minimum atomic E-state index is -0.254. The number of Topliss-reactive ketones (excluding diaryl/α,β-unsaturated/α-hetero) is 1. The van der Waals surface area contributed by atoms with Crippen LogP contribution in [0, 0.1) is 23.2 Å². The highest BCUT2D eigenvalue weighted by Gasteiger charge is 2.56. The van der Waals surface area contributed by atoms with Crippen molar-refractivity contribution in [2.45, 2.75) is 65.5 Å². The highest BCUT2D eigenvalue weighted by Crippen LogP contribution is 2.61. The fourth-order valence-corrected chi connectivity index (χ4v) is 6.02. The van der Waals surface area contributed by atoms with E-state index in [9.17, 15) is 9.59 Å². The van der Waals surface area contributed by atoms with Crippen LogP contribution in [-0.4, -0.2) is 21.6 Å². The molecule has 3 saturated carbocycles. The van der Waals surface area contributed by atoms with Gasteiger partial charge in [-0.25, -0.2) is 4.68 Å². The molecular formula is C25H32BrN3O2. The molecule has 2 aromatic rings. The van der Waals surface area contributed by atoms with Gasteiger partial charge in [0.05, 0.1) is 11.9 Å². The zero-order chi connectivity index (χ0) is 22.2. The summed E-state index contributed by atoms with van der Waals surface area (Å²) in [5, 5.41) is 7.85. The van der Waals surface area contributed by atoms with Crippen molar-refractivity contribution in [1.82, 2.24) is 9.78 Å². The van der Waals surface area contributed by atoms with Crippen molar-refractivity contribution in [3.05, 3.63) is 56.9 Å². The molecule has 3 aliphatic carbocycles. The Morgan fingerprint density at radius 3 is 2.68 bits per heavy atom. The predicted molar refractivity (Wildman–Crippen MR) is 127 cm³/mol. The second kappa shape index (κ2) is 8.89. The monoisotopic (exact) mass is 485 g/mol. The molecule has 1 aromatic heterocycles. The van der Waals surface area contributed by atoms with E-state index in [0.717, 1.165) is 36.8 Å². The van der Waals surface area contributed by atoms with Crippen molar-refractivity contribution >= 4 is 27.4 Å². The molecule has 6 heteroatoms. The molecule has 1 aromatic carbocycles. The number of ketones is 1. The van der Waals surface area contributed by atoms with Crippen LogP contribution in [0.4, 0.5) is 5.69 Å². The molecule has 5 rings (SSSR count). The fourth-order valence-electron chi connectivity index (χ4n) is 5.60. The maximum Gasteiger partial charge on any atom is 0.283 e. The number of aryl methyl sites for hydroxylation is 1. The van der Waals surface area contributed by atoms with Gasteiger partial charge in [-0.2, -0.15) is 5.10 Å². The van der Waals surface area contributed by atoms with E-state index in [-0.39, 0.29) is 17.9 Å². The topological polar surface area (TPSA) is 64.0 Å². The number of hydrogen-bond donors (Lipinski definition) is 1. The van der Waals surface area contributed by atoms with Crippen molar-refractivity contribution in [2.24, 2.45) is 23.2 Å². The SMILES string of the molecule is C[C@H]1[C@H](Nc2cnn(CC(=O)CCCc3ccccc3)c(=O)c2Br)C[C@H]2C[C@@H]1C2(C)C. The number of fused-ring (bicyclic) bond motifs is 2. The van der Waals surface area contributed by atoms with Crippen molar-refractivity contribution in [1.29, 1.82) is 0 Å². The Morgan fingerprint density at radius 2 is 2.00 bits per heavy atom. The van der Waals surface area contributed by atoms with Crippen LogP contribution in [0.25, 0.3) is 0 Å². The first-order valence-corrected chi connectivity index (χ1v) is 12.1. The molecule has 166 valence electrons. The summed E-state index contributed by atoms with van der Waals surface area (Å²) < 4.78 is 1.73. The summed E-state index contributed by atoms with van der Waals surface area (Å²) in [4.78, 5) is 25.2. The normalized spacial score (nSPS) is 26.2. The summed E-state index contributed by atoms with van der Waals surface area (Å²) in [6.45, 7) is 7.10. The number of rotatable bonds is 8. The molecule has 2 bridgehead atoms. The van der Waals surface area contributed by atoms with Gasteiger partial charge in [0.15, 0.2) is 5.78 Å². The quantitative estimate of drug-likeness (QED) is 0.565. The van der Waals surface area contributed by atoms with Gasteiger partial charge in [0, 0.05) is 12.5 Å². The van der Waals surface area contributed by atoms with Gasteiger partial charge in [0.25, 0.3) is 5.56 Å². The highest BCUT2D eigenvalue weighted by molar-refractivity contribution is 9.10. The van der Waals surface area contributed by atoms with Crippen LogP contribution in [0.1, 0.15) is 52.0 Å². The Hall–Kier alpha value is -1.95. The third-order valence-corrected chi connectivity index (χ3v) is 8.54. The van der Waals surface area contributed by atoms with Gasteiger partial charge < -0.3 is 5.32 Å². The molecule has 3 fully saturated rings. The van der Waals surface area contributed by atoms with Gasteiger partial charge >= 0.3 is 0 Å². The zero-order valence-corrected chi connectivity index (χ0v) is 20.2. The molecule has 1 N–H and O–H groups in total. The number of nitrogens with one attached hydrogen (secondary N) is 1. The van der Waals surface area contributed by atoms with Gasteiger partial charge in [-0.15, -0.1) is 0 Å². The molecule has 31 heavy (non-hydrogen) atoms. The maximum atomic E-state index is 12.8. The summed E-state index contributed by atoms with van der Waals surface area (Å²) in [7, 11) is 0. The lowest BCUT2D eigenvalue weighted by atomic mass is 9.45. The van der Waals surface area contributed by atoms with Gasteiger partial charge in [-0.05, 0) is 70.3 Å². The van der Waals surface area contributed by atoms with E-state index in [1.54, 1.807) is 6.20 Å². The minimum Gasteiger partial charge on any atom is -0.380 e. The van der Waals surface area contributed by atoms with Crippen LogP contribution in [0.15, 0.2) is 45.8 Å². The molecule has 0 radical (unpaired) electrons. The lowest BCUT2D eigenvalue weighted by Gasteiger charge is -2.62. The minimum absolute atomic E-state index is 0.0185. The van der Waals surface area contributed by atoms with Crippen molar-refractivity contribution in [3.63, 3.8) is 0 Å². The van der Waals surface area contributed by atoms with Crippen molar-refractivity contribution in [2.75, 3.05) is 5.32 Å². The van der Waals surface area contributed by atoms with Crippen LogP contribution in [0.2, 0.25) is 0 Å². The third kappa shape index (κ3) is 4.50. The highest BCUT2D eigenvalue weighted by atomic mass is 79.9. The zero-order valence-electron chi connectivity index (χ0n) is 18.6. The Balaban J connectivity index is 1.34. The summed E-state index contributed by atoms with van der Waals surface area (Å²) in [6, 6.07) is 10.5. The average Bonchev–Trinajstić information content (AvgIpc) is 2.75. The first-order valence-electron chi connectivity index (χ1n) is 11.3. The second-order valence-corrected chi connectivity index (χ2v) is 10.7. The van der Waals surface area contributed by atoms with Gasteiger partial charge in [0.2, 0.25) is 0 Å². The maximum absolute atomic E-state index is 12.8. The second-order valence-electron chi connectivity index (χ2n) is 9.92. The number of benzene rings is 1. The summed E-state index contributed by atoms with van der Waals surface area (Å²) in [5.41, 5.74) is 2.13. The molecule has 1 heterocycles. The number of carbonyl (C=O) groups is 1. The molecule has 4 atom stereocenters. The molecule has 0 aliphatic heterocycles. The number of carbonyl (C=O) groups excluding carboxylic acids is 1. The van der Waals surface area contributed by atoms with Crippen molar-refractivity contribution < 1.29 is 4.79 Å². The summed E-state index contributed by atoms with van der Waals surface area (Å²) in [5.74, 6) is 2.05. The van der Waals surface area contributed by atoms with E-state index >= 15 is 0 Å². The van der Waals surface area contributed by atoms with E-state index in [1.807, 2.05) is 18.2 Å². The largest absolute Gasteiger partial charge is 0.380 e. The molecular weight excluding hydrogens is 454 g/mol. The standard InChI is InChI=1S/C25H32BrN3O2/c1-16-20-12-18(25(20,2)3)13-21(16)28-22-14-27-29(24(31)23(22)26)15-19(30)11-7-10-17-8-5-4-6-9-17/h4-6,8-9,14,16,18,20-21,28H,7,10-13,15H2,1-3H3/t16-,18-,20+,21-/m1/s1. The average molecular weight is 486 g/mol. The van der Waals surface area contributed by atoms with E-state index in [4.69, 9.17) is 0 Å². The first kappa shape index (κ1) is 22.3. The van der Waals surface area contributed by atoms with Gasteiger partial charge in [-0.3, -0.25) is 9.59 Å². The van der Waals surface area contributed by atoms with Crippen LogP contribution in [0.5, 0.6) is 0 Å². The summed E-state index contributed by atoms with van der Waals surface area (Å²) >= 11 is 3.45. The van der Waals surface area contributed by atoms with Crippen LogP contribution in [-0.2, 0) is 17.8 Å². The first-order chi connectivity index (χ1) is 14.8. The van der Waals surface area contributed by atoms with E-state index in [0.29, 0.717) is 28.3 Å². The molecule has 0 amide bonds. The number of halogens is 1. The lowest BCUT2D eigenvalue weighted by molar-refractivity contribution is -0.120. The molecule has 5 nitrogen and oxygen atoms in total. The van der Waals surface area contributed by atoms with E-state index in [2.05, 4.69) is 59.2 Å². The number of nitrogens with zero attached hydrogens (tertiary/aromatic N) is 2. The number of anilines is 1. The van der Waals surface area contributed by atoms with Gasteiger partial charge in [0.1, 0.15) is 11.0 Å². The van der Waals surface area contributed by atoms with Gasteiger partial charge in [-0.1, -0.05) is 51.1 Å². The third-order valence-electron chi connectivity index (χ3n) is 7.77. The molecule has 3 aliphatic rings. The van der Waals surface area contributed by atoms with Crippen molar-refractivity contribution in [3.8, 4) is 0 Å². The Labute approximate surface area is 192 Å². The molecule has 0 saturated heterocycles. The van der Waals surface area contributed by atoms with E-state index in [1.165, 1.54) is 16.7 Å². The van der Waals surface area contributed by atoms with E-state index < -0.39 is 0 Å². The molecule has 0 unspecified atom stereocenters. The Kier molecular flexibility index (Phi) is 6.38. The Bertz CT molecular complexity index is 1000. The molecule has 0 spiro atoms. The smallest absolute Gasteiger partial charge is 0.283 e. The summed E-state index contributed by atoms with van der Waals surface area (Å²) in [6.07, 6.45) is 6.20. The lowest BCUT2D eigenvalue weighted by Crippen LogP contribution is -2.58. The fraction of sp³-hybridized carbons (Fsp3) is 0.560. The number of aromatic nitrogens is 2. The van der Waals surface area contributed by atoms with Crippen LogP contribution < -0.4 is 10.9 Å². The number of hydrogen-bond acceptors (Lipinski definition) is 4. The Morgan fingerprint density at radius 1 is 1.26 bits per heavy atom. The van der Waals surface area contributed by atoms with Crippen LogP contribution >= 0.6 is 15.9 Å².